The summed E-state index contributed by atoms with van der Waals surface area (Å²) in [5, 5.41) is 11.5. The lowest BCUT2D eigenvalue weighted by Crippen LogP contribution is -2.31. The van der Waals surface area contributed by atoms with Gasteiger partial charge in [-0.15, -0.1) is 0 Å². The molecule has 0 saturated heterocycles. The first-order valence-corrected chi connectivity index (χ1v) is 5.76. The third-order valence-corrected chi connectivity index (χ3v) is 3.09. The van der Waals surface area contributed by atoms with E-state index < -0.39 is 5.97 Å². The van der Waals surface area contributed by atoms with Crippen molar-refractivity contribution in [2.24, 2.45) is 11.8 Å². The highest BCUT2D eigenvalue weighted by atomic mass is 16.4. The second-order valence-corrected chi connectivity index (χ2v) is 4.30. The molecule has 1 aliphatic rings. The van der Waals surface area contributed by atoms with Crippen molar-refractivity contribution in [1.82, 2.24) is 5.32 Å². The van der Waals surface area contributed by atoms with Gasteiger partial charge in [0.15, 0.2) is 0 Å². The van der Waals surface area contributed by atoms with Crippen LogP contribution >= 0.6 is 0 Å². The van der Waals surface area contributed by atoms with Crippen molar-refractivity contribution < 1.29 is 19.5 Å². The Balaban J connectivity index is 2.22. The molecule has 94 valence electrons. The van der Waals surface area contributed by atoms with Crippen LogP contribution in [0.1, 0.15) is 25.7 Å². The van der Waals surface area contributed by atoms with Gasteiger partial charge in [0, 0.05) is 12.6 Å². The van der Waals surface area contributed by atoms with Gasteiger partial charge in [-0.3, -0.25) is 14.4 Å². The topological polar surface area (TPSA) is 83.5 Å². The van der Waals surface area contributed by atoms with Crippen LogP contribution in [0.5, 0.6) is 0 Å². The quantitative estimate of drug-likeness (QED) is 0.547. The van der Waals surface area contributed by atoms with E-state index in [-0.39, 0.29) is 11.8 Å². The molecule has 1 amide bonds. The van der Waals surface area contributed by atoms with E-state index in [1.165, 1.54) is 6.08 Å². The summed E-state index contributed by atoms with van der Waals surface area (Å²) in [6.07, 6.45) is 5.91. The average Bonchev–Trinajstić information content (AvgIpc) is 2.34. The second-order valence-electron chi connectivity index (χ2n) is 4.30. The summed E-state index contributed by atoms with van der Waals surface area (Å²) in [5.74, 6) is -0.880. The Kier molecular flexibility index (Phi) is 5.39. The zero-order valence-corrected chi connectivity index (χ0v) is 9.59. The van der Waals surface area contributed by atoms with Gasteiger partial charge in [0.05, 0.1) is 5.92 Å². The zero-order valence-electron chi connectivity index (χ0n) is 9.59. The van der Waals surface area contributed by atoms with E-state index in [0.717, 1.165) is 18.9 Å². The Morgan fingerprint density at radius 1 is 1.24 bits per heavy atom. The Labute approximate surface area is 99.9 Å². The number of aldehydes is 1. The fourth-order valence-corrected chi connectivity index (χ4v) is 2.04. The minimum Gasteiger partial charge on any atom is -0.481 e. The normalized spacial score (nSPS) is 24.5. The van der Waals surface area contributed by atoms with Crippen molar-refractivity contribution in [1.29, 1.82) is 0 Å². The predicted molar refractivity (Wildman–Crippen MR) is 61.3 cm³/mol. The number of carbonyl (C=O) groups is 3. The van der Waals surface area contributed by atoms with Crippen LogP contribution in [0.25, 0.3) is 0 Å². The van der Waals surface area contributed by atoms with Crippen LogP contribution in [0.15, 0.2) is 12.2 Å². The van der Waals surface area contributed by atoms with Gasteiger partial charge >= 0.3 is 5.97 Å². The number of amides is 1. The first-order chi connectivity index (χ1) is 8.13. The SMILES string of the molecule is O=C/C=C\C(=O)NCC1CCC(C(=O)O)CC1. The molecule has 0 spiro atoms. The lowest BCUT2D eigenvalue weighted by atomic mass is 9.82. The maximum atomic E-state index is 11.2. The molecule has 0 aromatic carbocycles. The number of carboxylic acids is 1. The molecule has 0 heterocycles. The van der Waals surface area contributed by atoms with Crippen LogP contribution < -0.4 is 5.32 Å². The van der Waals surface area contributed by atoms with Crippen molar-refractivity contribution in [3.05, 3.63) is 12.2 Å². The number of nitrogens with one attached hydrogen (secondary N) is 1. The van der Waals surface area contributed by atoms with Gasteiger partial charge in [0.1, 0.15) is 6.29 Å². The van der Waals surface area contributed by atoms with Gasteiger partial charge in [-0.2, -0.15) is 0 Å². The summed E-state index contributed by atoms with van der Waals surface area (Å²) in [6.45, 7) is 0.550. The van der Waals surface area contributed by atoms with Crippen molar-refractivity contribution in [2.75, 3.05) is 6.54 Å². The summed E-state index contributed by atoms with van der Waals surface area (Å²) >= 11 is 0. The van der Waals surface area contributed by atoms with Gasteiger partial charge in [0.25, 0.3) is 0 Å². The van der Waals surface area contributed by atoms with Crippen molar-refractivity contribution in [3.8, 4) is 0 Å². The molecule has 0 radical (unpaired) electrons. The number of allylic oxidation sites excluding steroid dienone is 1. The number of carboxylic acid groups (broad SMARTS) is 1. The van der Waals surface area contributed by atoms with E-state index >= 15 is 0 Å². The molecule has 1 rings (SSSR count). The largest absolute Gasteiger partial charge is 0.481 e. The van der Waals surface area contributed by atoms with Crippen LogP contribution in [-0.4, -0.2) is 29.8 Å². The first kappa shape index (κ1) is 13.4. The number of hydrogen-bond donors (Lipinski definition) is 2. The van der Waals surface area contributed by atoms with Gasteiger partial charge < -0.3 is 10.4 Å². The fourth-order valence-electron chi connectivity index (χ4n) is 2.04. The molecular weight excluding hydrogens is 222 g/mol. The Morgan fingerprint density at radius 3 is 2.41 bits per heavy atom. The second kappa shape index (κ2) is 6.83. The molecule has 0 aliphatic heterocycles. The van der Waals surface area contributed by atoms with Gasteiger partial charge in [-0.05, 0) is 37.7 Å². The molecule has 0 bridgehead atoms. The van der Waals surface area contributed by atoms with Crippen LogP contribution in [0.4, 0.5) is 0 Å². The summed E-state index contributed by atoms with van der Waals surface area (Å²) in [6, 6.07) is 0. The molecule has 1 saturated carbocycles. The van der Waals surface area contributed by atoms with E-state index in [4.69, 9.17) is 5.11 Å². The van der Waals surface area contributed by atoms with Crippen molar-refractivity contribution >= 4 is 18.2 Å². The van der Waals surface area contributed by atoms with E-state index in [9.17, 15) is 14.4 Å². The van der Waals surface area contributed by atoms with Crippen molar-refractivity contribution in [3.63, 3.8) is 0 Å². The highest BCUT2D eigenvalue weighted by molar-refractivity contribution is 5.90. The third kappa shape index (κ3) is 4.80. The summed E-state index contributed by atoms with van der Waals surface area (Å²) in [4.78, 5) is 31.9. The van der Waals surface area contributed by atoms with E-state index in [0.29, 0.717) is 31.6 Å². The van der Waals surface area contributed by atoms with Crippen LogP contribution in [-0.2, 0) is 14.4 Å². The molecule has 1 fully saturated rings. The molecule has 5 nitrogen and oxygen atoms in total. The van der Waals surface area contributed by atoms with Gasteiger partial charge in [0.2, 0.25) is 5.91 Å². The monoisotopic (exact) mass is 239 g/mol. The third-order valence-electron chi connectivity index (χ3n) is 3.09. The average molecular weight is 239 g/mol. The smallest absolute Gasteiger partial charge is 0.306 e. The Bertz CT molecular complexity index is 316. The summed E-state index contributed by atoms with van der Waals surface area (Å²) in [7, 11) is 0. The molecule has 0 aromatic rings. The molecule has 0 atom stereocenters. The first-order valence-electron chi connectivity index (χ1n) is 5.76. The van der Waals surface area contributed by atoms with Crippen LogP contribution in [0.2, 0.25) is 0 Å². The maximum Gasteiger partial charge on any atom is 0.306 e. The van der Waals surface area contributed by atoms with E-state index in [2.05, 4.69) is 5.32 Å². The van der Waals surface area contributed by atoms with Crippen molar-refractivity contribution in [2.45, 2.75) is 25.7 Å². The fraction of sp³-hybridized carbons (Fsp3) is 0.583. The minimum atomic E-state index is -0.721. The van der Waals surface area contributed by atoms with Crippen LogP contribution in [0.3, 0.4) is 0 Å². The molecule has 0 aromatic heterocycles. The van der Waals surface area contributed by atoms with Crippen LogP contribution in [0, 0.1) is 11.8 Å². The number of rotatable bonds is 5. The molecule has 1 aliphatic carbocycles. The predicted octanol–water partition coefficient (Wildman–Crippen LogP) is 0.749. The standard InChI is InChI=1S/C12H17NO4/c14-7-1-2-11(15)13-8-9-3-5-10(6-4-9)12(16)17/h1-2,7,9-10H,3-6,8H2,(H,13,15)(H,16,17)/b2-1-. The van der Waals surface area contributed by atoms with E-state index in [1.807, 2.05) is 0 Å². The number of hydrogen-bond acceptors (Lipinski definition) is 3. The number of carbonyl (C=O) groups excluding carboxylic acids is 2. The Morgan fingerprint density at radius 2 is 1.88 bits per heavy atom. The molecule has 0 unspecified atom stereocenters. The molecule has 17 heavy (non-hydrogen) atoms. The highest BCUT2D eigenvalue weighted by Gasteiger charge is 2.25. The zero-order chi connectivity index (χ0) is 12.7. The highest BCUT2D eigenvalue weighted by Crippen LogP contribution is 2.28. The maximum absolute atomic E-state index is 11.2. The minimum absolute atomic E-state index is 0.225. The summed E-state index contributed by atoms with van der Waals surface area (Å²) in [5.41, 5.74) is 0. The summed E-state index contributed by atoms with van der Waals surface area (Å²) < 4.78 is 0. The Hall–Kier alpha value is -1.65. The van der Waals surface area contributed by atoms with Gasteiger partial charge in [-0.25, -0.2) is 0 Å². The van der Waals surface area contributed by atoms with E-state index in [1.54, 1.807) is 0 Å². The lowest BCUT2D eigenvalue weighted by molar-refractivity contribution is -0.143. The molecule has 2 N–H and O–H groups in total. The number of aliphatic carboxylic acids is 1. The lowest BCUT2D eigenvalue weighted by Gasteiger charge is -2.25. The molecular formula is C12H17NO4. The molecule has 5 heteroatoms. The van der Waals surface area contributed by atoms with Gasteiger partial charge in [-0.1, -0.05) is 0 Å².